The minimum Gasteiger partial charge on any atom is -0.490 e. The van der Waals surface area contributed by atoms with Crippen molar-refractivity contribution in [3.63, 3.8) is 0 Å². The quantitative estimate of drug-likeness (QED) is 0.650. The number of ether oxygens (including phenoxy) is 2. The predicted octanol–water partition coefficient (Wildman–Crippen LogP) is 3.30. The Balaban J connectivity index is 1.64. The summed E-state index contributed by atoms with van der Waals surface area (Å²) in [5.41, 5.74) is 0.508. The monoisotopic (exact) mass is 421 g/mol. The van der Waals surface area contributed by atoms with Gasteiger partial charge < -0.3 is 18.8 Å². The first-order valence-corrected chi connectivity index (χ1v) is 11.6. The number of amides is 1. The van der Waals surface area contributed by atoms with Crippen LogP contribution in [-0.4, -0.2) is 50.8 Å². The van der Waals surface area contributed by atoms with Crippen LogP contribution in [0.1, 0.15) is 42.8 Å². The van der Waals surface area contributed by atoms with Crippen LogP contribution in [0.15, 0.2) is 41.0 Å². The van der Waals surface area contributed by atoms with Crippen molar-refractivity contribution in [2.75, 3.05) is 26.3 Å². The molecule has 7 nitrogen and oxygen atoms in total. The molecule has 1 aromatic carbocycles. The van der Waals surface area contributed by atoms with Crippen LogP contribution in [0.4, 0.5) is 0 Å². The zero-order chi connectivity index (χ0) is 20.9. The molecule has 1 aliphatic heterocycles. The van der Waals surface area contributed by atoms with Crippen LogP contribution in [0.5, 0.6) is 11.5 Å². The van der Waals surface area contributed by atoms with E-state index in [1.54, 1.807) is 35.2 Å². The number of likely N-dealkylation sites (tertiary alicyclic amines) is 1. The Morgan fingerprint density at radius 2 is 1.79 bits per heavy atom. The van der Waals surface area contributed by atoms with Crippen LogP contribution in [-0.2, 0) is 15.6 Å². The molecule has 0 atom stereocenters. The van der Waals surface area contributed by atoms with Gasteiger partial charge in [-0.1, -0.05) is 0 Å². The number of furan rings is 1. The van der Waals surface area contributed by atoms with E-state index >= 15 is 0 Å². The number of carbonyl (C=O) groups is 1. The molecule has 29 heavy (non-hydrogen) atoms. The van der Waals surface area contributed by atoms with Gasteiger partial charge in [-0.25, -0.2) is 8.42 Å². The van der Waals surface area contributed by atoms with Gasteiger partial charge in [0.1, 0.15) is 11.5 Å². The fourth-order valence-corrected chi connectivity index (χ4v) is 5.22. The van der Waals surface area contributed by atoms with Gasteiger partial charge in [-0.05, 0) is 57.0 Å². The van der Waals surface area contributed by atoms with Crippen LogP contribution in [0.25, 0.3) is 0 Å². The number of sulfone groups is 1. The van der Waals surface area contributed by atoms with Gasteiger partial charge in [0, 0.05) is 18.7 Å². The van der Waals surface area contributed by atoms with E-state index in [2.05, 4.69) is 0 Å². The standard InChI is InChI=1S/C21H27NO6S/c1-3-26-19-8-7-16(14-20(19)27-4-2)21(23)22-11-9-18(10-12-22)29(24,25)15-17-6-5-13-28-17/h5-8,13-14,18H,3-4,9-12,15H2,1-2H3. The third-order valence-electron chi connectivity index (χ3n) is 4.95. The van der Waals surface area contributed by atoms with E-state index in [1.165, 1.54) is 6.26 Å². The molecular formula is C21H27NO6S. The second-order valence-electron chi connectivity index (χ2n) is 6.91. The first kappa shape index (κ1) is 21.2. The maximum absolute atomic E-state index is 12.9. The highest BCUT2D eigenvalue weighted by molar-refractivity contribution is 7.91. The minimum atomic E-state index is -3.31. The molecule has 8 heteroatoms. The van der Waals surface area contributed by atoms with Crippen molar-refractivity contribution in [1.82, 2.24) is 4.90 Å². The Labute approximate surface area is 171 Å². The van der Waals surface area contributed by atoms with Gasteiger partial charge in [0.2, 0.25) is 0 Å². The van der Waals surface area contributed by atoms with Crippen molar-refractivity contribution in [2.45, 2.75) is 37.7 Å². The summed E-state index contributed by atoms with van der Waals surface area (Å²) in [5, 5.41) is -0.462. The Morgan fingerprint density at radius 1 is 1.10 bits per heavy atom. The molecule has 1 amide bonds. The van der Waals surface area contributed by atoms with Gasteiger partial charge >= 0.3 is 0 Å². The largest absolute Gasteiger partial charge is 0.490 e. The summed E-state index contributed by atoms with van der Waals surface area (Å²) in [5.74, 6) is 1.36. The smallest absolute Gasteiger partial charge is 0.253 e. The summed E-state index contributed by atoms with van der Waals surface area (Å²) >= 11 is 0. The molecule has 2 aromatic rings. The van der Waals surface area contributed by atoms with Gasteiger partial charge in [0.15, 0.2) is 21.3 Å². The molecule has 158 valence electrons. The predicted molar refractivity (Wildman–Crippen MR) is 109 cm³/mol. The molecule has 0 spiro atoms. The molecule has 1 fully saturated rings. The molecule has 3 rings (SSSR count). The van der Waals surface area contributed by atoms with Crippen molar-refractivity contribution in [3.05, 3.63) is 47.9 Å². The SMILES string of the molecule is CCOc1ccc(C(=O)N2CCC(S(=O)(=O)Cc3ccco3)CC2)cc1OCC. The number of hydrogen-bond acceptors (Lipinski definition) is 6. The lowest BCUT2D eigenvalue weighted by Gasteiger charge is -2.31. The minimum absolute atomic E-state index is 0.102. The highest BCUT2D eigenvalue weighted by Gasteiger charge is 2.32. The van der Waals surface area contributed by atoms with Gasteiger partial charge in [0.25, 0.3) is 5.91 Å². The molecule has 0 saturated carbocycles. The van der Waals surface area contributed by atoms with E-state index in [1.807, 2.05) is 13.8 Å². The van der Waals surface area contributed by atoms with Crippen LogP contribution >= 0.6 is 0 Å². The summed E-state index contributed by atoms with van der Waals surface area (Å²) < 4.78 is 41.5. The second-order valence-corrected chi connectivity index (χ2v) is 9.19. The van der Waals surface area contributed by atoms with E-state index in [4.69, 9.17) is 13.9 Å². The van der Waals surface area contributed by atoms with E-state index < -0.39 is 15.1 Å². The second kappa shape index (κ2) is 9.35. The zero-order valence-corrected chi connectivity index (χ0v) is 17.6. The normalized spacial score (nSPS) is 15.3. The number of piperidine rings is 1. The Hall–Kier alpha value is -2.48. The van der Waals surface area contributed by atoms with Crippen LogP contribution in [0, 0.1) is 0 Å². The maximum atomic E-state index is 12.9. The number of benzene rings is 1. The maximum Gasteiger partial charge on any atom is 0.253 e. The van der Waals surface area contributed by atoms with Crippen molar-refractivity contribution in [3.8, 4) is 11.5 Å². The van der Waals surface area contributed by atoms with Crippen LogP contribution in [0.3, 0.4) is 0 Å². The molecule has 0 radical (unpaired) electrons. The molecule has 1 saturated heterocycles. The Morgan fingerprint density at radius 3 is 2.41 bits per heavy atom. The lowest BCUT2D eigenvalue weighted by molar-refractivity contribution is 0.0725. The Kier molecular flexibility index (Phi) is 6.84. The Bertz CT molecular complexity index is 915. The molecular weight excluding hydrogens is 394 g/mol. The molecule has 0 unspecified atom stereocenters. The lowest BCUT2D eigenvalue weighted by Crippen LogP contribution is -2.42. The van der Waals surface area contributed by atoms with Crippen molar-refractivity contribution < 1.29 is 27.1 Å². The van der Waals surface area contributed by atoms with E-state index in [9.17, 15) is 13.2 Å². The zero-order valence-electron chi connectivity index (χ0n) is 16.8. The lowest BCUT2D eigenvalue weighted by atomic mass is 10.1. The summed E-state index contributed by atoms with van der Waals surface area (Å²) in [4.78, 5) is 14.6. The molecule has 0 bridgehead atoms. The third kappa shape index (κ3) is 5.12. The van der Waals surface area contributed by atoms with Crippen LogP contribution in [0.2, 0.25) is 0 Å². The average molecular weight is 422 g/mol. The first-order valence-electron chi connectivity index (χ1n) is 9.87. The molecule has 2 heterocycles. The van der Waals surface area contributed by atoms with E-state index in [-0.39, 0.29) is 11.7 Å². The van der Waals surface area contributed by atoms with Gasteiger partial charge in [-0.15, -0.1) is 0 Å². The van der Waals surface area contributed by atoms with Crippen molar-refractivity contribution in [2.24, 2.45) is 0 Å². The van der Waals surface area contributed by atoms with E-state index in [0.717, 1.165) is 0 Å². The van der Waals surface area contributed by atoms with E-state index in [0.29, 0.717) is 62.0 Å². The third-order valence-corrected chi connectivity index (χ3v) is 7.12. The number of carbonyl (C=O) groups excluding carboxylic acids is 1. The molecule has 1 aromatic heterocycles. The van der Waals surface area contributed by atoms with Crippen LogP contribution < -0.4 is 9.47 Å². The summed E-state index contributed by atoms with van der Waals surface area (Å²) in [6, 6.07) is 8.49. The molecule has 1 aliphatic rings. The fourth-order valence-electron chi connectivity index (χ4n) is 3.50. The van der Waals surface area contributed by atoms with Gasteiger partial charge in [0.05, 0.1) is 24.7 Å². The van der Waals surface area contributed by atoms with Gasteiger partial charge in [-0.3, -0.25) is 4.79 Å². The molecule has 0 N–H and O–H groups in total. The number of hydrogen-bond donors (Lipinski definition) is 0. The molecule has 0 aliphatic carbocycles. The van der Waals surface area contributed by atoms with Gasteiger partial charge in [-0.2, -0.15) is 0 Å². The fraction of sp³-hybridized carbons (Fsp3) is 0.476. The summed E-state index contributed by atoms with van der Waals surface area (Å²) in [6.07, 6.45) is 2.31. The number of rotatable bonds is 8. The highest BCUT2D eigenvalue weighted by Crippen LogP contribution is 2.30. The topological polar surface area (TPSA) is 86.0 Å². The summed E-state index contributed by atoms with van der Waals surface area (Å²) in [6.45, 7) is 5.54. The summed E-state index contributed by atoms with van der Waals surface area (Å²) in [7, 11) is -3.31. The highest BCUT2D eigenvalue weighted by atomic mass is 32.2. The number of nitrogens with zero attached hydrogens (tertiary/aromatic N) is 1. The first-order chi connectivity index (χ1) is 13.9. The van der Waals surface area contributed by atoms with Crippen molar-refractivity contribution in [1.29, 1.82) is 0 Å². The average Bonchev–Trinajstić information content (AvgIpc) is 3.21. The van der Waals surface area contributed by atoms with Crippen molar-refractivity contribution >= 4 is 15.7 Å².